The number of unbranched alkanes of at least 4 members (excludes halogenated alkanes) is 9. The third-order valence-corrected chi connectivity index (χ3v) is 7.49. The topological polar surface area (TPSA) is 55.8 Å². The first-order chi connectivity index (χ1) is 19.7. The molecule has 0 bridgehead atoms. The lowest BCUT2D eigenvalue weighted by molar-refractivity contribution is -0.147. The number of hydrogen-bond donors (Lipinski definition) is 0. The predicted octanol–water partition coefficient (Wildman–Crippen LogP) is 9.97. The minimum absolute atomic E-state index is 0. The van der Waals surface area contributed by atoms with Crippen LogP contribution in [0.3, 0.4) is 0 Å². The summed E-state index contributed by atoms with van der Waals surface area (Å²) in [6.07, 6.45) is 24.6. The Morgan fingerprint density at radius 3 is 1.45 bits per heavy atom. The highest BCUT2D eigenvalue weighted by Gasteiger charge is 2.17. The predicted molar refractivity (Wildman–Crippen MR) is 185 cm³/mol. The summed E-state index contributed by atoms with van der Waals surface area (Å²) in [7, 11) is 0. The Bertz CT molecular complexity index is 724. The Balaban J connectivity index is 0. The molecular weight excluding hydrogens is 590 g/mol. The van der Waals surface area contributed by atoms with Crippen molar-refractivity contribution < 1.29 is 19.1 Å². The second kappa shape index (κ2) is 29.4. The molecule has 2 unspecified atom stereocenters. The van der Waals surface area contributed by atoms with E-state index in [1.54, 1.807) is 0 Å². The standard InChI is InChI=1S/C36H63NO4.BrH/c1-8-11-12-13-14-15-16-17-18-19-26-37(27-35(38)40-29-33(6)24-20-22-31(4)9-2)28-36(39)41-30-34(7)25-21-23-32(5)10-3;/h9-10,24-25,31-32H,2-3,8,11-23,26-30H2,1,4-7H3;1H. The van der Waals surface area contributed by atoms with Crippen molar-refractivity contribution in [2.24, 2.45) is 11.8 Å². The highest BCUT2D eigenvalue weighted by molar-refractivity contribution is 8.93. The number of esters is 2. The van der Waals surface area contributed by atoms with Crippen LogP contribution in [-0.2, 0) is 19.1 Å². The minimum atomic E-state index is -0.301. The van der Waals surface area contributed by atoms with Gasteiger partial charge in [-0.15, -0.1) is 30.1 Å². The van der Waals surface area contributed by atoms with E-state index in [2.05, 4.69) is 46.1 Å². The summed E-state index contributed by atoms with van der Waals surface area (Å²) in [6.45, 7) is 19.6. The quantitative estimate of drug-likeness (QED) is 0.0501. The van der Waals surface area contributed by atoms with Crippen molar-refractivity contribution in [3.63, 3.8) is 0 Å². The molecule has 0 rings (SSSR count). The van der Waals surface area contributed by atoms with E-state index in [1.807, 2.05) is 30.9 Å². The molecule has 2 atom stereocenters. The monoisotopic (exact) mass is 653 g/mol. The SMILES string of the molecule is Br.C=CC(C)CCC=C(C)COC(=O)CN(CCCCCCCCCCCC)CC(=O)OCC(C)=CCCC(C)C=C. The highest BCUT2D eigenvalue weighted by Crippen LogP contribution is 2.12. The molecule has 0 saturated carbocycles. The average Bonchev–Trinajstić information content (AvgIpc) is 2.95. The van der Waals surface area contributed by atoms with E-state index in [9.17, 15) is 9.59 Å². The van der Waals surface area contributed by atoms with Gasteiger partial charge in [-0.3, -0.25) is 14.5 Å². The van der Waals surface area contributed by atoms with Crippen molar-refractivity contribution in [2.75, 3.05) is 32.8 Å². The van der Waals surface area contributed by atoms with Crippen LogP contribution in [0.1, 0.15) is 125 Å². The van der Waals surface area contributed by atoms with Crippen LogP contribution in [0.2, 0.25) is 0 Å². The van der Waals surface area contributed by atoms with Crippen LogP contribution in [0, 0.1) is 11.8 Å². The fourth-order valence-electron chi connectivity index (χ4n) is 4.42. The smallest absolute Gasteiger partial charge is 0.320 e. The maximum absolute atomic E-state index is 12.6. The molecule has 244 valence electrons. The van der Waals surface area contributed by atoms with Gasteiger partial charge in [-0.1, -0.05) is 103 Å². The molecule has 6 heteroatoms. The molecular formula is C36H64BrNO4. The lowest BCUT2D eigenvalue weighted by Crippen LogP contribution is -2.37. The molecule has 0 amide bonds. The second-order valence-electron chi connectivity index (χ2n) is 11.9. The van der Waals surface area contributed by atoms with E-state index in [4.69, 9.17) is 9.47 Å². The first kappa shape index (κ1) is 42.5. The fraction of sp³-hybridized carbons (Fsp3) is 0.722. The van der Waals surface area contributed by atoms with Crippen LogP contribution in [0.25, 0.3) is 0 Å². The van der Waals surface area contributed by atoms with Gasteiger partial charge in [-0.05, 0) is 75.5 Å². The van der Waals surface area contributed by atoms with E-state index < -0.39 is 0 Å². The lowest BCUT2D eigenvalue weighted by atomic mass is 10.1. The molecule has 0 aromatic carbocycles. The van der Waals surface area contributed by atoms with Crippen molar-refractivity contribution in [3.8, 4) is 0 Å². The van der Waals surface area contributed by atoms with Gasteiger partial charge in [0.05, 0.1) is 13.1 Å². The van der Waals surface area contributed by atoms with Crippen LogP contribution in [0.15, 0.2) is 48.6 Å². The molecule has 0 aliphatic carbocycles. The Morgan fingerprint density at radius 1 is 0.690 bits per heavy atom. The third kappa shape index (κ3) is 27.2. The van der Waals surface area contributed by atoms with Crippen LogP contribution in [0.4, 0.5) is 0 Å². The van der Waals surface area contributed by atoms with Crippen molar-refractivity contribution in [3.05, 3.63) is 48.6 Å². The molecule has 0 aromatic rings. The number of nitrogens with zero attached hydrogens (tertiary/aromatic N) is 1. The normalized spacial score (nSPS) is 13.3. The molecule has 42 heavy (non-hydrogen) atoms. The molecule has 0 saturated heterocycles. The maximum atomic E-state index is 12.6. The summed E-state index contributed by atoms with van der Waals surface area (Å²) in [5, 5.41) is 0. The van der Waals surface area contributed by atoms with E-state index in [0.29, 0.717) is 18.4 Å². The molecule has 0 aliphatic heterocycles. The Hall–Kier alpha value is -1.66. The first-order valence-corrected chi connectivity index (χ1v) is 16.3. The summed E-state index contributed by atoms with van der Waals surface area (Å²) in [5.41, 5.74) is 2.08. The van der Waals surface area contributed by atoms with Crippen molar-refractivity contribution >= 4 is 28.9 Å². The van der Waals surface area contributed by atoms with E-state index in [1.165, 1.54) is 51.4 Å². The van der Waals surface area contributed by atoms with Crippen LogP contribution in [0.5, 0.6) is 0 Å². The van der Waals surface area contributed by atoms with Crippen molar-refractivity contribution in [1.29, 1.82) is 0 Å². The summed E-state index contributed by atoms with van der Waals surface area (Å²) in [5.74, 6) is 0.343. The molecule has 0 fully saturated rings. The van der Waals surface area contributed by atoms with Crippen molar-refractivity contribution in [1.82, 2.24) is 4.90 Å². The Labute approximate surface area is 270 Å². The van der Waals surface area contributed by atoms with Crippen LogP contribution >= 0.6 is 17.0 Å². The van der Waals surface area contributed by atoms with Gasteiger partial charge in [0.1, 0.15) is 13.2 Å². The van der Waals surface area contributed by atoms with Gasteiger partial charge in [0.25, 0.3) is 0 Å². The van der Waals surface area contributed by atoms with Crippen molar-refractivity contribution in [2.45, 2.75) is 125 Å². The summed E-state index contributed by atoms with van der Waals surface area (Å²) in [4.78, 5) is 27.2. The number of carbonyl (C=O) groups is 2. The second-order valence-corrected chi connectivity index (χ2v) is 11.9. The van der Waals surface area contributed by atoms with E-state index >= 15 is 0 Å². The van der Waals surface area contributed by atoms with E-state index in [-0.39, 0.29) is 55.2 Å². The van der Waals surface area contributed by atoms with Crippen LogP contribution < -0.4 is 0 Å². The Morgan fingerprint density at radius 2 is 1.07 bits per heavy atom. The number of halogens is 1. The summed E-state index contributed by atoms with van der Waals surface area (Å²) in [6, 6.07) is 0. The van der Waals surface area contributed by atoms with Gasteiger partial charge in [-0.25, -0.2) is 0 Å². The van der Waals surface area contributed by atoms with Gasteiger partial charge in [0, 0.05) is 0 Å². The maximum Gasteiger partial charge on any atom is 0.320 e. The molecule has 0 radical (unpaired) electrons. The molecule has 0 heterocycles. The Kier molecular flexibility index (Phi) is 29.7. The zero-order chi connectivity index (χ0) is 30.7. The zero-order valence-electron chi connectivity index (χ0n) is 27.8. The van der Waals surface area contributed by atoms with Gasteiger partial charge in [0.2, 0.25) is 0 Å². The van der Waals surface area contributed by atoms with Gasteiger partial charge in [0.15, 0.2) is 0 Å². The fourth-order valence-corrected chi connectivity index (χ4v) is 4.42. The lowest BCUT2D eigenvalue weighted by Gasteiger charge is -2.20. The number of hydrogen-bond acceptors (Lipinski definition) is 5. The number of rotatable bonds is 27. The first-order valence-electron chi connectivity index (χ1n) is 16.3. The number of allylic oxidation sites excluding steroid dienone is 4. The average molecular weight is 655 g/mol. The minimum Gasteiger partial charge on any atom is -0.460 e. The van der Waals surface area contributed by atoms with Crippen LogP contribution in [-0.4, -0.2) is 49.7 Å². The highest BCUT2D eigenvalue weighted by atomic mass is 79.9. The van der Waals surface area contributed by atoms with E-state index in [0.717, 1.165) is 49.7 Å². The summed E-state index contributed by atoms with van der Waals surface area (Å²) >= 11 is 0. The van der Waals surface area contributed by atoms with Gasteiger partial charge >= 0.3 is 11.9 Å². The van der Waals surface area contributed by atoms with Gasteiger partial charge in [-0.2, -0.15) is 0 Å². The molecule has 0 aromatic heterocycles. The molecule has 0 N–H and O–H groups in total. The summed E-state index contributed by atoms with van der Waals surface area (Å²) < 4.78 is 11.1. The third-order valence-electron chi connectivity index (χ3n) is 7.49. The number of carbonyl (C=O) groups excluding carboxylic acids is 2. The molecule has 5 nitrogen and oxygen atoms in total. The molecule has 0 aliphatic rings. The van der Waals surface area contributed by atoms with Gasteiger partial charge < -0.3 is 9.47 Å². The largest absolute Gasteiger partial charge is 0.460 e. The molecule has 0 spiro atoms. The zero-order valence-corrected chi connectivity index (χ0v) is 29.5. The number of ether oxygens (including phenoxy) is 2.